The lowest BCUT2D eigenvalue weighted by Gasteiger charge is -2.09. The third-order valence-electron chi connectivity index (χ3n) is 3.06. The molecule has 0 N–H and O–H groups in total. The van der Waals surface area contributed by atoms with Crippen molar-refractivity contribution in [3.63, 3.8) is 0 Å². The van der Waals surface area contributed by atoms with E-state index in [9.17, 15) is 4.79 Å². The first-order chi connectivity index (χ1) is 9.69. The summed E-state index contributed by atoms with van der Waals surface area (Å²) >= 11 is 9.71. The molecule has 0 saturated carbocycles. The first kappa shape index (κ1) is 13.3. The third kappa shape index (κ3) is 2.35. The molecule has 2 nitrogen and oxygen atoms in total. The van der Waals surface area contributed by atoms with E-state index in [0.29, 0.717) is 10.7 Å². The Balaban J connectivity index is 2.40. The summed E-state index contributed by atoms with van der Waals surface area (Å²) in [5, 5.41) is 2.54. The minimum absolute atomic E-state index is 0.398. The van der Waals surface area contributed by atoms with Crippen LogP contribution in [0, 0.1) is 0 Å². The second-order valence-electron chi connectivity index (χ2n) is 4.36. The maximum absolute atomic E-state index is 11.1. The number of aromatic nitrogens is 1. The van der Waals surface area contributed by atoms with Crippen LogP contribution < -0.4 is 0 Å². The molecule has 98 valence electrons. The van der Waals surface area contributed by atoms with E-state index in [1.807, 2.05) is 42.5 Å². The van der Waals surface area contributed by atoms with Crippen LogP contribution in [0.15, 0.2) is 53.0 Å². The molecule has 0 atom stereocenters. The van der Waals surface area contributed by atoms with Gasteiger partial charge in [-0.1, -0.05) is 51.8 Å². The second kappa shape index (κ2) is 5.35. The fourth-order valence-corrected chi connectivity index (χ4v) is 2.73. The largest absolute Gasteiger partial charge is 0.296 e. The maximum Gasteiger partial charge on any atom is 0.168 e. The highest BCUT2D eigenvalue weighted by molar-refractivity contribution is 9.10. The molecule has 0 aliphatic carbocycles. The molecule has 4 heteroatoms. The van der Waals surface area contributed by atoms with Crippen LogP contribution in [0.5, 0.6) is 0 Å². The van der Waals surface area contributed by atoms with Gasteiger partial charge in [0.25, 0.3) is 0 Å². The molecule has 0 unspecified atom stereocenters. The van der Waals surface area contributed by atoms with Crippen LogP contribution in [0.3, 0.4) is 0 Å². The van der Waals surface area contributed by atoms with E-state index in [2.05, 4.69) is 20.9 Å². The molecule has 0 amide bonds. The van der Waals surface area contributed by atoms with E-state index < -0.39 is 0 Å². The van der Waals surface area contributed by atoms with E-state index in [4.69, 9.17) is 11.6 Å². The number of benzene rings is 2. The number of hydrogen-bond donors (Lipinski definition) is 0. The van der Waals surface area contributed by atoms with Crippen LogP contribution in [-0.2, 0) is 0 Å². The number of pyridine rings is 1. The van der Waals surface area contributed by atoms with Gasteiger partial charge in [0.2, 0.25) is 0 Å². The molecular formula is C16H9BrClNO. The number of carbonyl (C=O) groups excluding carboxylic acids is 1. The highest BCUT2D eigenvalue weighted by Gasteiger charge is 2.11. The Morgan fingerprint density at radius 1 is 1.10 bits per heavy atom. The Morgan fingerprint density at radius 2 is 1.90 bits per heavy atom. The Hall–Kier alpha value is -1.71. The Kier molecular flexibility index (Phi) is 3.55. The van der Waals surface area contributed by atoms with Crippen molar-refractivity contribution < 1.29 is 4.79 Å². The first-order valence-corrected chi connectivity index (χ1v) is 7.16. The Labute approximate surface area is 129 Å². The van der Waals surface area contributed by atoms with Crippen molar-refractivity contribution in [1.29, 1.82) is 0 Å². The van der Waals surface area contributed by atoms with Gasteiger partial charge in [0, 0.05) is 15.4 Å². The van der Waals surface area contributed by atoms with Gasteiger partial charge in [-0.15, -0.1) is 0 Å². The summed E-state index contributed by atoms with van der Waals surface area (Å²) in [5.41, 5.74) is 1.92. The molecule has 0 aliphatic rings. The molecule has 0 aliphatic heterocycles. The van der Waals surface area contributed by atoms with E-state index in [1.165, 1.54) is 0 Å². The zero-order valence-electron chi connectivity index (χ0n) is 10.3. The van der Waals surface area contributed by atoms with Crippen molar-refractivity contribution >= 4 is 44.6 Å². The van der Waals surface area contributed by atoms with Gasteiger partial charge < -0.3 is 0 Å². The zero-order valence-corrected chi connectivity index (χ0v) is 12.6. The van der Waals surface area contributed by atoms with Crippen LogP contribution in [0.1, 0.15) is 10.5 Å². The molecule has 0 bridgehead atoms. The zero-order chi connectivity index (χ0) is 14.1. The number of hydrogen-bond acceptors (Lipinski definition) is 2. The highest BCUT2D eigenvalue weighted by atomic mass is 79.9. The van der Waals surface area contributed by atoms with Gasteiger partial charge in [-0.05, 0) is 29.7 Å². The molecule has 1 aromatic heterocycles. The highest BCUT2D eigenvalue weighted by Crippen LogP contribution is 2.34. The van der Waals surface area contributed by atoms with Gasteiger partial charge >= 0.3 is 0 Å². The third-order valence-corrected chi connectivity index (χ3v) is 3.89. The van der Waals surface area contributed by atoms with E-state index in [-0.39, 0.29) is 0 Å². The van der Waals surface area contributed by atoms with Gasteiger partial charge in [0.05, 0.1) is 10.7 Å². The van der Waals surface area contributed by atoms with Gasteiger partial charge in [-0.3, -0.25) is 4.79 Å². The monoisotopic (exact) mass is 345 g/mol. The average molecular weight is 347 g/mol. The van der Waals surface area contributed by atoms with Gasteiger partial charge in [-0.2, -0.15) is 0 Å². The maximum atomic E-state index is 11.1. The van der Waals surface area contributed by atoms with Crippen LogP contribution in [0.2, 0.25) is 5.02 Å². The van der Waals surface area contributed by atoms with E-state index >= 15 is 0 Å². The summed E-state index contributed by atoms with van der Waals surface area (Å²) in [6.45, 7) is 0. The Morgan fingerprint density at radius 3 is 2.70 bits per heavy atom. The van der Waals surface area contributed by atoms with Crippen LogP contribution >= 0.6 is 27.5 Å². The fourth-order valence-electron chi connectivity index (χ4n) is 2.16. The topological polar surface area (TPSA) is 30.0 Å². The van der Waals surface area contributed by atoms with Crippen molar-refractivity contribution in [3.8, 4) is 11.3 Å². The predicted molar refractivity (Wildman–Crippen MR) is 85.3 cm³/mol. The summed E-state index contributed by atoms with van der Waals surface area (Å²) in [4.78, 5) is 15.5. The number of fused-ring (bicyclic) bond motifs is 1. The van der Waals surface area contributed by atoms with Crippen LogP contribution in [0.4, 0.5) is 0 Å². The quantitative estimate of drug-likeness (QED) is 0.602. The van der Waals surface area contributed by atoms with Crippen molar-refractivity contribution in [2.24, 2.45) is 0 Å². The minimum Gasteiger partial charge on any atom is -0.296 e. The lowest BCUT2D eigenvalue weighted by atomic mass is 10.0. The van der Waals surface area contributed by atoms with Crippen molar-refractivity contribution in [2.75, 3.05) is 0 Å². The summed E-state index contributed by atoms with van der Waals surface area (Å²) in [5.74, 6) is 0. The molecule has 20 heavy (non-hydrogen) atoms. The van der Waals surface area contributed by atoms with Crippen LogP contribution in [0.25, 0.3) is 22.0 Å². The molecule has 3 rings (SSSR count). The smallest absolute Gasteiger partial charge is 0.168 e. The lowest BCUT2D eigenvalue weighted by molar-refractivity contribution is 0.111. The summed E-state index contributed by atoms with van der Waals surface area (Å²) in [6.07, 6.45) is 0.752. The summed E-state index contributed by atoms with van der Waals surface area (Å²) in [6, 6.07) is 15.2. The number of nitrogens with zero attached hydrogens (tertiary/aromatic N) is 1. The predicted octanol–water partition coefficient (Wildman–Crippen LogP) is 5.13. The van der Waals surface area contributed by atoms with E-state index in [0.717, 1.165) is 32.8 Å². The molecule has 2 aromatic carbocycles. The van der Waals surface area contributed by atoms with Gasteiger partial charge in [0.15, 0.2) is 6.29 Å². The number of halogens is 2. The fraction of sp³-hybridized carbons (Fsp3) is 0. The van der Waals surface area contributed by atoms with Gasteiger partial charge in [-0.25, -0.2) is 4.98 Å². The number of aldehydes is 1. The normalized spacial score (nSPS) is 10.7. The molecule has 0 saturated heterocycles. The van der Waals surface area contributed by atoms with Crippen molar-refractivity contribution in [3.05, 3.63) is 63.7 Å². The van der Waals surface area contributed by atoms with Crippen molar-refractivity contribution in [2.45, 2.75) is 0 Å². The standard InChI is InChI=1S/C16H9BrClNO/c17-11-5-6-15(18)14(8-11)16-13-4-2-1-3-10(13)7-12(9-20)19-16/h1-9H. The van der Waals surface area contributed by atoms with Crippen LogP contribution in [-0.4, -0.2) is 11.3 Å². The average Bonchev–Trinajstić information content (AvgIpc) is 2.48. The first-order valence-electron chi connectivity index (χ1n) is 5.99. The summed E-state index contributed by atoms with van der Waals surface area (Å²) < 4.78 is 0.916. The molecule has 0 fully saturated rings. The number of carbonyl (C=O) groups is 1. The molecule has 0 spiro atoms. The molecule has 3 aromatic rings. The SMILES string of the molecule is O=Cc1cc2ccccc2c(-c2cc(Br)ccc2Cl)n1. The molecular weight excluding hydrogens is 338 g/mol. The minimum atomic E-state index is 0.398. The lowest BCUT2D eigenvalue weighted by Crippen LogP contribution is -1.93. The molecule has 1 heterocycles. The molecule has 0 radical (unpaired) electrons. The van der Waals surface area contributed by atoms with Crippen molar-refractivity contribution in [1.82, 2.24) is 4.98 Å². The van der Waals surface area contributed by atoms with E-state index in [1.54, 1.807) is 6.07 Å². The number of rotatable bonds is 2. The Bertz CT molecular complexity index is 817. The van der Waals surface area contributed by atoms with Gasteiger partial charge in [0.1, 0.15) is 5.69 Å². The second-order valence-corrected chi connectivity index (χ2v) is 5.68. The summed E-state index contributed by atoms with van der Waals surface area (Å²) in [7, 11) is 0.